The predicted octanol–water partition coefficient (Wildman–Crippen LogP) is 3.52. The lowest BCUT2D eigenvalue weighted by molar-refractivity contribution is -0.474. The highest BCUT2D eigenvalue weighted by Gasteiger charge is 3.05. The second kappa shape index (κ2) is 9.89. The highest BCUT2D eigenvalue weighted by atomic mass is 16.9. The summed E-state index contributed by atoms with van der Waals surface area (Å²) in [4.78, 5) is 68.9. The minimum absolute atomic E-state index is 0.0738. The van der Waals surface area contributed by atoms with Crippen LogP contribution in [0.15, 0.2) is 34.7 Å². The Labute approximate surface area is 305 Å². The van der Waals surface area contributed by atoms with Gasteiger partial charge < -0.3 is 47.0 Å². The predicted molar refractivity (Wildman–Crippen MR) is 173 cm³/mol. The number of epoxide rings is 1. The first-order valence-corrected chi connectivity index (χ1v) is 18.1. The smallest absolute Gasteiger partial charge is 0.341 e. The summed E-state index contributed by atoms with van der Waals surface area (Å²) in [6, 6.07) is 1.71. The van der Waals surface area contributed by atoms with Gasteiger partial charge in [0.15, 0.2) is 23.4 Å². The van der Waals surface area contributed by atoms with Crippen LogP contribution in [0.2, 0.25) is 0 Å². The molecule has 0 N–H and O–H groups in total. The minimum Gasteiger partial charge on any atom is -0.472 e. The van der Waals surface area contributed by atoms with E-state index in [1.165, 1.54) is 39.6 Å². The average molecular weight is 741 g/mol. The van der Waals surface area contributed by atoms with E-state index < -0.39 is 110 Å². The molecule has 5 heterocycles. The van der Waals surface area contributed by atoms with E-state index in [1.54, 1.807) is 26.8 Å². The molecular weight excluding hydrogens is 696 g/mol. The Bertz CT molecular complexity index is 1920. The van der Waals surface area contributed by atoms with Gasteiger partial charge in [-0.2, -0.15) is 0 Å². The first-order valence-electron chi connectivity index (χ1n) is 18.1. The Hall–Kier alpha value is -3.79. The quantitative estimate of drug-likeness (QED) is 0.225. The topological polar surface area (TPSA) is 185 Å². The average Bonchev–Trinajstić information content (AvgIpc) is 3.40. The lowest BCUT2D eigenvalue weighted by atomic mass is 9.34. The molecule has 7 fully saturated rings. The molecule has 4 aliphatic heterocycles. The molecule has 15 heteroatoms. The molecule has 15 nitrogen and oxygen atoms in total. The van der Waals surface area contributed by atoms with Crippen LogP contribution in [0.3, 0.4) is 0 Å². The molecule has 4 saturated carbocycles. The van der Waals surface area contributed by atoms with Crippen molar-refractivity contribution >= 4 is 29.8 Å². The maximum Gasteiger partial charge on any atom is 0.341 e. The monoisotopic (exact) mass is 740 g/mol. The highest BCUT2D eigenvalue weighted by Crippen LogP contribution is 2.90. The highest BCUT2D eigenvalue weighted by molar-refractivity contribution is 5.86. The second-order valence-corrected chi connectivity index (χ2v) is 17.2. The van der Waals surface area contributed by atoms with Crippen LogP contribution in [0.4, 0.5) is 0 Å². The Kier molecular flexibility index (Phi) is 6.52. The van der Waals surface area contributed by atoms with Crippen LogP contribution in [0.1, 0.15) is 92.7 Å². The summed E-state index contributed by atoms with van der Waals surface area (Å²) in [7, 11) is 1.29. The van der Waals surface area contributed by atoms with E-state index in [4.69, 9.17) is 47.0 Å². The fourth-order valence-corrected chi connectivity index (χ4v) is 12.8. The number of carbonyl (C=O) groups is 5. The Morgan fingerprint density at radius 2 is 1.62 bits per heavy atom. The van der Waals surface area contributed by atoms with Crippen molar-refractivity contribution in [3.05, 3.63) is 35.8 Å². The zero-order chi connectivity index (χ0) is 38.2. The van der Waals surface area contributed by atoms with Gasteiger partial charge in [-0.3, -0.25) is 14.4 Å². The van der Waals surface area contributed by atoms with Crippen molar-refractivity contribution in [2.45, 2.75) is 139 Å². The number of hydrogen-bond donors (Lipinski definition) is 0. The molecule has 2 spiro atoms. The summed E-state index contributed by atoms with van der Waals surface area (Å²) >= 11 is 0. The first-order chi connectivity index (χ1) is 24.7. The van der Waals surface area contributed by atoms with Gasteiger partial charge in [0, 0.05) is 55.1 Å². The van der Waals surface area contributed by atoms with E-state index in [0.717, 1.165) is 0 Å². The van der Waals surface area contributed by atoms with Crippen LogP contribution in [0.25, 0.3) is 0 Å². The number of ether oxygens (including phenoxy) is 9. The number of esters is 5. The van der Waals surface area contributed by atoms with Crippen molar-refractivity contribution in [2.24, 2.45) is 22.2 Å². The third-order valence-electron chi connectivity index (χ3n) is 14.7. The summed E-state index contributed by atoms with van der Waals surface area (Å²) in [5.41, 5.74) is -11.2. The minimum atomic E-state index is -2.12. The molecule has 0 aromatic carbocycles. The maximum atomic E-state index is 14.2. The molecule has 2 unspecified atom stereocenters. The van der Waals surface area contributed by atoms with Crippen LogP contribution >= 0.6 is 0 Å². The van der Waals surface area contributed by atoms with Gasteiger partial charge >= 0.3 is 29.8 Å². The van der Waals surface area contributed by atoms with Gasteiger partial charge in [-0.1, -0.05) is 20.8 Å². The summed E-state index contributed by atoms with van der Waals surface area (Å²) in [6.45, 7) is 13.0. The van der Waals surface area contributed by atoms with Gasteiger partial charge in [0.05, 0.1) is 25.7 Å². The number of fused-ring (bicyclic) bond motifs is 3. The standard InChI is InChI=1S/C38H44O15/c1-18-32(6,49-18)29(43)48-27-31(5)17-36-33(7,22(31)14-24(41)44-9)35-12-11-30(4)23(15-25(42)47-26(30)21-10-13-45-16-21)37(35,53-34(8,51-35)52-36)28(46-19(2)39)38(27,36)50-20(3)40/h10,13,15-16,18,22,26-28H,11-12,14,17H2,1-9H3/t18?,22-,26-,27-,28-,30+,31+,32?,33-,34+,35-,36+,37+,38-/m0/s1. The van der Waals surface area contributed by atoms with E-state index in [2.05, 4.69) is 0 Å². The number of cyclic esters (lactones) is 1. The van der Waals surface area contributed by atoms with Gasteiger partial charge in [0.25, 0.3) is 5.97 Å². The number of furan rings is 1. The van der Waals surface area contributed by atoms with Crippen molar-refractivity contribution in [2.75, 3.05) is 7.11 Å². The van der Waals surface area contributed by atoms with Gasteiger partial charge in [0.2, 0.25) is 5.60 Å². The third-order valence-corrected chi connectivity index (χ3v) is 14.7. The van der Waals surface area contributed by atoms with E-state index >= 15 is 0 Å². The molecule has 1 aromatic heterocycles. The first kappa shape index (κ1) is 34.9. The number of rotatable bonds is 7. The van der Waals surface area contributed by atoms with Crippen molar-refractivity contribution in [3.8, 4) is 0 Å². The summed E-state index contributed by atoms with van der Waals surface area (Å²) in [6.07, 6.45) is 0.430. The molecule has 9 rings (SSSR count). The summed E-state index contributed by atoms with van der Waals surface area (Å²) < 4.78 is 63.6. The van der Waals surface area contributed by atoms with E-state index in [0.29, 0.717) is 17.6 Å². The van der Waals surface area contributed by atoms with Gasteiger partial charge in [-0.05, 0) is 50.7 Å². The van der Waals surface area contributed by atoms with Gasteiger partial charge in [-0.25, -0.2) is 9.59 Å². The second-order valence-electron chi connectivity index (χ2n) is 17.2. The Morgan fingerprint density at radius 3 is 2.23 bits per heavy atom. The lowest BCUT2D eigenvalue weighted by Gasteiger charge is -2.76. The zero-order valence-electron chi connectivity index (χ0n) is 31.1. The van der Waals surface area contributed by atoms with Crippen molar-refractivity contribution in [1.29, 1.82) is 0 Å². The molecule has 0 amide bonds. The molecule has 1 aromatic rings. The normalized spacial score (nSPS) is 51.8. The van der Waals surface area contributed by atoms with Crippen LogP contribution < -0.4 is 0 Å². The molecule has 53 heavy (non-hydrogen) atoms. The van der Waals surface area contributed by atoms with Crippen molar-refractivity contribution in [1.82, 2.24) is 0 Å². The van der Waals surface area contributed by atoms with Crippen LogP contribution in [-0.4, -0.2) is 89.2 Å². The van der Waals surface area contributed by atoms with E-state index in [1.807, 2.05) is 20.8 Å². The number of carbonyl (C=O) groups excluding carboxylic acids is 5. The largest absolute Gasteiger partial charge is 0.472 e. The maximum absolute atomic E-state index is 14.2. The van der Waals surface area contributed by atoms with Crippen LogP contribution in [-0.2, 0) is 66.6 Å². The van der Waals surface area contributed by atoms with Gasteiger partial charge in [0.1, 0.15) is 17.3 Å². The zero-order valence-corrected chi connectivity index (χ0v) is 31.1. The SMILES string of the molecule is COC(=O)C[C@H]1[C@@]2(C)C[C@]34O[C@@]5(C)O[C@@]6(CC[C@]7(C)C(=CC(=O)O[C@H]7c7ccoc7)[C@@]6(O5)[C@H](OC(C)=O)[C@@]3(OC(C)=O)[C@H]2OC(=O)C2(C)OC2C)[C@]14C. The fourth-order valence-electron chi connectivity index (χ4n) is 12.8. The molecule has 8 aliphatic rings. The number of hydrogen-bond acceptors (Lipinski definition) is 15. The van der Waals surface area contributed by atoms with E-state index in [9.17, 15) is 24.0 Å². The molecule has 4 aliphatic carbocycles. The molecule has 3 saturated heterocycles. The van der Waals surface area contributed by atoms with Crippen molar-refractivity contribution in [3.63, 3.8) is 0 Å². The summed E-state index contributed by atoms with van der Waals surface area (Å²) in [5, 5.41) is 0. The molecule has 0 radical (unpaired) electrons. The lowest BCUT2D eigenvalue weighted by Crippen LogP contribution is -2.93. The molecule has 14 atom stereocenters. The van der Waals surface area contributed by atoms with Crippen LogP contribution in [0, 0.1) is 22.2 Å². The fraction of sp³-hybridized carbons (Fsp3) is 0.711. The molecule has 4 bridgehead atoms. The van der Waals surface area contributed by atoms with Crippen LogP contribution in [0.5, 0.6) is 0 Å². The molecular formula is C38H44O15. The number of methoxy groups -OCH3 is 1. The Morgan fingerprint density at radius 1 is 0.925 bits per heavy atom. The molecule has 286 valence electrons. The Balaban J connectivity index is 1.39. The summed E-state index contributed by atoms with van der Waals surface area (Å²) in [5.74, 6) is -6.14. The third kappa shape index (κ3) is 3.55. The van der Waals surface area contributed by atoms with Crippen molar-refractivity contribution < 1.29 is 71.0 Å². The van der Waals surface area contributed by atoms with Gasteiger partial charge in [-0.15, -0.1) is 0 Å². The van der Waals surface area contributed by atoms with E-state index in [-0.39, 0.29) is 19.3 Å².